The second-order valence-corrected chi connectivity index (χ2v) is 6.97. The summed E-state index contributed by atoms with van der Waals surface area (Å²) in [4.78, 5) is 28.1. The van der Waals surface area contributed by atoms with Crippen molar-refractivity contribution in [3.05, 3.63) is 60.7 Å². The van der Waals surface area contributed by atoms with Crippen molar-refractivity contribution >= 4 is 17.6 Å². The van der Waals surface area contributed by atoms with E-state index in [4.69, 9.17) is 14.5 Å². The van der Waals surface area contributed by atoms with Crippen LogP contribution in [-0.4, -0.2) is 37.2 Å². The number of nitrogens with zero attached hydrogens (tertiary/aromatic N) is 1. The monoisotopic (exact) mass is 418 g/mol. The Balaban J connectivity index is 1.52. The van der Waals surface area contributed by atoms with Gasteiger partial charge in [-0.2, -0.15) is 0 Å². The largest absolute Gasteiger partial charge is 0.486 e. The van der Waals surface area contributed by atoms with Crippen LogP contribution >= 0.6 is 0 Å². The molecule has 1 N–H and O–H groups in total. The van der Waals surface area contributed by atoms with Gasteiger partial charge in [0.25, 0.3) is 0 Å². The van der Waals surface area contributed by atoms with Gasteiger partial charge >= 0.3 is 5.97 Å². The molecular formula is C24H22N2O5. The number of amides is 1. The number of carbonyl (C=O) groups excluding carboxylic acids is 2. The first-order valence-corrected chi connectivity index (χ1v) is 9.96. The van der Waals surface area contributed by atoms with Crippen LogP contribution in [0.2, 0.25) is 0 Å². The molecule has 1 aliphatic heterocycles. The zero-order valence-electron chi connectivity index (χ0n) is 17.1. The van der Waals surface area contributed by atoms with Crippen molar-refractivity contribution in [3.63, 3.8) is 0 Å². The summed E-state index contributed by atoms with van der Waals surface area (Å²) >= 11 is 0. The standard InChI is InChI=1S/C24H22N2O5/c1-29-24(28)11-10-23(27)25-18-5-2-4-16(14-18)19-6-3-7-20(26-19)17-8-9-21-22(15-17)31-13-12-30-21/h2-9,14-15H,10-13H2,1H3,(H,25,27). The first kappa shape index (κ1) is 20.4. The normalized spacial score (nSPS) is 12.2. The number of nitrogens with one attached hydrogen (secondary N) is 1. The summed E-state index contributed by atoms with van der Waals surface area (Å²) in [6.45, 7) is 1.08. The van der Waals surface area contributed by atoms with E-state index in [0.717, 1.165) is 28.3 Å². The van der Waals surface area contributed by atoms with Crippen LogP contribution in [0.25, 0.3) is 22.5 Å². The maximum absolute atomic E-state index is 12.1. The number of fused-ring (bicyclic) bond motifs is 1. The molecule has 0 saturated heterocycles. The number of methoxy groups -OCH3 is 1. The second-order valence-electron chi connectivity index (χ2n) is 6.97. The molecule has 1 aliphatic rings. The number of ether oxygens (including phenoxy) is 3. The number of pyridine rings is 1. The lowest BCUT2D eigenvalue weighted by Gasteiger charge is -2.18. The molecule has 0 unspecified atom stereocenters. The van der Waals surface area contributed by atoms with E-state index in [1.165, 1.54) is 7.11 Å². The van der Waals surface area contributed by atoms with Gasteiger partial charge < -0.3 is 19.5 Å². The van der Waals surface area contributed by atoms with Gasteiger partial charge in [0.1, 0.15) is 13.2 Å². The number of benzene rings is 2. The average Bonchev–Trinajstić information content (AvgIpc) is 2.82. The summed E-state index contributed by atoms with van der Waals surface area (Å²) in [6.07, 6.45) is 0.107. The number of anilines is 1. The molecule has 4 rings (SSSR count). The Morgan fingerprint density at radius 2 is 1.61 bits per heavy atom. The SMILES string of the molecule is COC(=O)CCC(=O)Nc1cccc(-c2cccc(-c3ccc4c(c3)OCCO4)n2)c1. The number of aromatic nitrogens is 1. The van der Waals surface area contributed by atoms with Crippen molar-refractivity contribution in [2.24, 2.45) is 0 Å². The minimum atomic E-state index is -0.413. The third-order valence-corrected chi connectivity index (χ3v) is 4.81. The highest BCUT2D eigenvalue weighted by Crippen LogP contribution is 2.34. The maximum atomic E-state index is 12.1. The highest BCUT2D eigenvalue weighted by atomic mass is 16.6. The summed E-state index contributed by atoms with van der Waals surface area (Å²) in [5, 5.41) is 2.81. The van der Waals surface area contributed by atoms with Crippen molar-refractivity contribution in [1.29, 1.82) is 0 Å². The molecule has 0 fully saturated rings. The lowest BCUT2D eigenvalue weighted by atomic mass is 10.1. The fourth-order valence-corrected chi connectivity index (χ4v) is 3.26. The molecule has 3 aromatic rings. The topological polar surface area (TPSA) is 86.8 Å². The second kappa shape index (κ2) is 9.30. The molecule has 0 spiro atoms. The molecule has 7 heteroatoms. The first-order chi connectivity index (χ1) is 15.1. The number of esters is 1. The van der Waals surface area contributed by atoms with Crippen LogP contribution < -0.4 is 14.8 Å². The van der Waals surface area contributed by atoms with Gasteiger partial charge in [-0.25, -0.2) is 4.98 Å². The lowest BCUT2D eigenvalue weighted by molar-refractivity contribution is -0.141. The summed E-state index contributed by atoms with van der Waals surface area (Å²) in [6, 6.07) is 19.0. The molecule has 158 valence electrons. The molecule has 0 aliphatic carbocycles. The van der Waals surface area contributed by atoms with Gasteiger partial charge in [-0.05, 0) is 42.5 Å². The summed E-state index contributed by atoms with van der Waals surface area (Å²) in [5.41, 5.74) is 4.02. The third-order valence-electron chi connectivity index (χ3n) is 4.81. The Hall–Kier alpha value is -3.87. The molecule has 1 aromatic heterocycles. The van der Waals surface area contributed by atoms with E-state index in [0.29, 0.717) is 24.7 Å². The zero-order chi connectivity index (χ0) is 21.6. The van der Waals surface area contributed by atoms with Crippen LogP contribution in [0.4, 0.5) is 5.69 Å². The van der Waals surface area contributed by atoms with Crippen LogP contribution in [0.5, 0.6) is 11.5 Å². The Kier molecular flexibility index (Phi) is 6.12. The van der Waals surface area contributed by atoms with Crippen molar-refractivity contribution in [2.75, 3.05) is 25.6 Å². The molecule has 0 atom stereocenters. The van der Waals surface area contributed by atoms with Crippen LogP contribution in [-0.2, 0) is 14.3 Å². The molecule has 0 saturated carbocycles. The van der Waals surface area contributed by atoms with Crippen LogP contribution in [0.15, 0.2) is 60.7 Å². The molecule has 0 bridgehead atoms. The van der Waals surface area contributed by atoms with Crippen molar-refractivity contribution in [3.8, 4) is 34.0 Å². The lowest BCUT2D eigenvalue weighted by Crippen LogP contribution is -2.15. The predicted octanol–water partition coefficient (Wildman–Crippen LogP) is 4.08. The zero-order valence-corrected chi connectivity index (χ0v) is 17.1. The van der Waals surface area contributed by atoms with Crippen molar-refractivity contribution in [2.45, 2.75) is 12.8 Å². The molecule has 7 nitrogen and oxygen atoms in total. The highest BCUT2D eigenvalue weighted by Gasteiger charge is 2.13. The van der Waals surface area contributed by atoms with E-state index >= 15 is 0 Å². The number of hydrogen-bond acceptors (Lipinski definition) is 6. The molecule has 1 amide bonds. The average molecular weight is 418 g/mol. The van der Waals surface area contributed by atoms with Gasteiger partial charge in [-0.3, -0.25) is 9.59 Å². The molecule has 31 heavy (non-hydrogen) atoms. The Morgan fingerprint density at radius 3 is 2.39 bits per heavy atom. The van der Waals surface area contributed by atoms with Crippen molar-refractivity contribution < 1.29 is 23.8 Å². The van der Waals surface area contributed by atoms with E-state index in [-0.39, 0.29) is 18.7 Å². The Bertz CT molecular complexity index is 1110. The predicted molar refractivity (Wildman–Crippen MR) is 116 cm³/mol. The fraction of sp³-hybridized carbons (Fsp3) is 0.208. The quantitative estimate of drug-likeness (QED) is 0.607. The highest BCUT2D eigenvalue weighted by molar-refractivity contribution is 5.93. The molecular weight excluding hydrogens is 396 g/mol. The van der Waals surface area contributed by atoms with Crippen LogP contribution in [0, 0.1) is 0 Å². The van der Waals surface area contributed by atoms with Gasteiger partial charge in [0.2, 0.25) is 5.91 Å². The number of carbonyl (C=O) groups is 2. The Labute approximate surface area is 180 Å². The summed E-state index contributed by atoms with van der Waals surface area (Å²) in [5.74, 6) is 0.791. The Morgan fingerprint density at radius 1 is 0.903 bits per heavy atom. The smallest absolute Gasteiger partial charge is 0.306 e. The van der Waals surface area contributed by atoms with Crippen molar-refractivity contribution in [1.82, 2.24) is 4.98 Å². The van der Waals surface area contributed by atoms with E-state index in [1.807, 2.05) is 54.6 Å². The van der Waals surface area contributed by atoms with Gasteiger partial charge in [-0.1, -0.05) is 18.2 Å². The fourth-order valence-electron chi connectivity index (χ4n) is 3.26. The van der Waals surface area contributed by atoms with Gasteiger partial charge in [-0.15, -0.1) is 0 Å². The van der Waals surface area contributed by atoms with Crippen LogP contribution in [0.3, 0.4) is 0 Å². The number of rotatable bonds is 6. The minimum absolute atomic E-state index is 0.0428. The van der Waals surface area contributed by atoms with Crippen LogP contribution in [0.1, 0.15) is 12.8 Å². The molecule has 2 heterocycles. The van der Waals surface area contributed by atoms with Gasteiger partial charge in [0, 0.05) is 23.2 Å². The van der Waals surface area contributed by atoms with E-state index in [9.17, 15) is 9.59 Å². The first-order valence-electron chi connectivity index (χ1n) is 9.96. The third kappa shape index (κ3) is 5.01. The molecule has 0 radical (unpaired) electrons. The van der Waals surface area contributed by atoms with Gasteiger partial charge in [0.15, 0.2) is 11.5 Å². The minimum Gasteiger partial charge on any atom is -0.486 e. The molecule has 2 aromatic carbocycles. The van der Waals surface area contributed by atoms with Gasteiger partial charge in [0.05, 0.1) is 24.9 Å². The summed E-state index contributed by atoms with van der Waals surface area (Å²) in [7, 11) is 1.30. The summed E-state index contributed by atoms with van der Waals surface area (Å²) < 4.78 is 15.8. The number of hydrogen-bond donors (Lipinski definition) is 1. The van der Waals surface area contributed by atoms with E-state index < -0.39 is 5.97 Å². The maximum Gasteiger partial charge on any atom is 0.306 e. The van der Waals surface area contributed by atoms with E-state index in [1.54, 1.807) is 6.07 Å². The van der Waals surface area contributed by atoms with E-state index in [2.05, 4.69) is 10.1 Å².